The highest BCUT2D eigenvalue weighted by molar-refractivity contribution is 6.30. The second-order valence-electron chi connectivity index (χ2n) is 6.80. The Bertz CT molecular complexity index is 492. The van der Waals surface area contributed by atoms with Gasteiger partial charge in [0.2, 0.25) is 0 Å². The van der Waals surface area contributed by atoms with Gasteiger partial charge in [-0.1, -0.05) is 18.0 Å². The Kier molecular flexibility index (Phi) is 4.41. The van der Waals surface area contributed by atoms with Crippen LogP contribution < -0.4 is 5.32 Å². The van der Waals surface area contributed by atoms with E-state index in [-0.39, 0.29) is 10.8 Å². The summed E-state index contributed by atoms with van der Waals surface area (Å²) in [4.78, 5) is 2.59. The first-order chi connectivity index (χ1) is 10.0. The Labute approximate surface area is 131 Å². The van der Waals surface area contributed by atoms with Gasteiger partial charge < -0.3 is 10.2 Å². The summed E-state index contributed by atoms with van der Waals surface area (Å²) in [5.41, 5.74) is 0.858. The number of hydrogen-bond donors (Lipinski definition) is 1. The normalized spacial score (nSPS) is 29.7. The fraction of sp³-hybridized carbons (Fsp3) is 0.647. The van der Waals surface area contributed by atoms with Crippen LogP contribution in [0.4, 0.5) is 10.1 Å². The van der Waals surface area contributed by atoms with Crippen molar-refractivity contribution in [2.24, 2.45) is 11.8 Å². The third-order valence-corrected chi connectivity index (χ3v) is 5.39. The fourth-order valence-corrected chi connectivity index (χ4v) is 4.03. The van der Waals surface area contributed by atoms with E-state index in [2.05, 4.69) is 24.1 Å². The van der Waals surface area contributed by atoms with Gasteiger partial charge in [0, 0.05) is 30.9 Å². The van der Waals surface area contributed by atoms with Crippen molar-refractivity contribution in [3.8, 4) is 0 Å². The minimum atomic E-state index is -0.341. The number of likely N-dealkylation sites (tertiary alicyclic amines) is 1. The molecule has 0 radical (unpaired) electrons. The van der Waals surface area contributed by atoms with E-state index in [1.54, 1.807) is 6.07 Å². The molecule has 1 saturated carbocycles. The topological polar surface area (TPSA) is 15.3 Å². The molecule has 1 aromatic carbocycles. The molecule has 2 bridgehead atoms. The van der Waals surface area contributed by atoms with Crippen molar-refractivity contribution in [3.05, 3.63) is 29.0 Å². The smallest absolute Gasteiger partial charge is 0.143 e. The molecule has 1 aliphatic heterocycles. The first-order valence-electron chi connectivity index (χ1n) is 8.00. The van der Waals surface area contributed by atoms with Gasteiger partial charge in [0.15, 0.2) is 0 Å². The standard InChI is InChI=1S/C17H24ClFN2/c1-11(2)21-9-12-4-3-5-13(10-21)17(12)20-14-6-7-15(18)16(19)8-14/h6-8,11-13,17,20H,3-5,9-10H2,1-2H3. The fourth-order valence-electron chi connectivity index (χ4n) is 3.91. The summed E-state index contributed by atoms with van der Waals surface area (Å²) < 4.78 is 13.6. The van der Waals surface area contributed by atoms with Crippen molar-refractivity contribution < 1.29 is 4.39 Å². The number of nitrogens with zero attached hydrogens (tertiary/aromatic N) is 1. The molecule has 2 fully saturated rings. The number of nitrogens with one attached hydrogen (secondary N) is 1. The molecule has 2 aliphatic rings. The van der Waals surface area contributed by atoms with Crippen LogP contribution in [0.2, 0.25) is 5.02 Å². The Morgan fingerprint density at radius 2 is 1.90 bits per heavy atom. The quantitative estimate of drug-likeness (QED) is 0.890. The predicted molar refractivity (Wildman–Crippen MR) is 86.4 cm³/mol. The summed E-state index contributed by atoms with van der Waals surface area (Å²) in [6.07, 6.45) is 3.87. The highest BCUT2D eigenvalue weighted by atomic mass is 35.5. The summed E-state index contributed by atoms with van der Waals surface area (Å²) in [5, 5.41) is 3.78. The zero-order valence-corrected chi connectivity index (χ0v) is 13.5. The lowest BCUT2D eigenvalue weighted by molar-refractivity contribution is 0.0518. The van der Waals surface area contributed by atoms with Crippen LogP contribution in [0.1, 0.15) is 33.1 Å². The van der Waals surface area contributed by atoms with Crippen molar-refractivity contribution in [1.82, 2.24) is 4.90 Å². The number of rotatable bonds is 3. The summed E-state index contributed by atoms with van der Waals surface area (Å²) in [7, 11) is 0. The maximum Gasteiger partial charge on any atom is 0.143 e. The number of piperidine rings is 1. The number of fused-ring (bicyclic) bond motifs is 2. The van der Waals surface area contributed by atoms with Crippen LogP contribution in [0.5, 0.6) is 0 Å². The monoisotopic (exact) mass is 310 g/mol. The Morgan fingerprint density at radius 1 is 1.24 bits per heavy atom. The second kappa shape index (κ2) is 6.13. The van der Waals surface area contributed by atoms with Crippen LogP contribution in [0.25, 0.3) is 0 Å². The molecule has 2 nitrogen and oxygen atoms in total. The molecule has 0 amide bonds. The van der Waals surface area contributed by atoms with Gasteiger partial charge in [-0.2, -0.15) is 0 Å². The zero-order valence-electron chi connectivity index (χ0n) is 12.8. The van der Waals surface area contributed by atoms with E-state index < -0.39 is 0 Å². The molecule has 0 aromatic heterocycles. The van der Waals surface area contributed by atoms with Gasteiger partial charge in [-0.15, -0.1) is 0 Å². The molecule has 3 rings (SSSR count). The summed E-state index contributed by atoms with van der Waals surface area (Å²) in [5.74, 6) is 0.990. The molecule has 21 heavy (non-hydrogen) atoms. The van der Waals surface area contributed by atoms with Crippen LogP contribution in [-0.4, -0.2) is 30.1 Å². The second-order valence-corrected chi connectivity index (χ2v) is 7.20. The van der Waals surface area contributed by atoms with Gasteiger partial charge in [0.05, 0.1) is 5.02 Å². The average Bonchev–Trinajstić information content (AvgIpc) is 2.42. The molecule has 4 heteroatoms. The zero-order chi connectivity index (χ0) is 15.0. The molecule has 1 aliphatic carbocycles. The highest BCUT2D eigenvalue weighted by Crippen LogP contribution is 2.37. The number of benzene rings is 1. The van der Waals surface area contributed by atoms with Gasteiger partial charge in [0.1, 0.15) is 5.82 Å². The maximum atomic E-state index is 13.6. The van der Waals surface area contributed by atoms with Gasteiger partial charge in [-0.25, -0.2) is 4.39 Å². The molecule has 1 saturated heterocycles. The van der Waals surface area contributed by atoms with E-state index in [1.807, 2.05) is 6.07 Å². The number of halogens is 2. The van der Waals surface area contributed by atoms with Crippen molar-refractivity contribution in [2.75, 3.05) is 18.4 Å². The van der Waals surface area contributed by atoms with Crippen molar-refractivity contribution in [3.63, 3.8) is 0 Å². The largest absolute Gasteiger partial charge is 0.382 e. The average molecular weight is 311 g/mol. The van der Waals surface area contributed by atoms with Gasteiger partial charge in [-0.05, 0) is 56.7 Å². The van der Waals surface area contributed by atoms with Crippen molar-refractivity contribution in [2.45, 2.75) is 45.2 Å². The SMILES string of the molecule is CC(C)N1CC2CCCC(C1)C2Nc1ccc(Cl)c(F)c1. The molecule has 2 atom stereocenters. The van der Waals surface area contributed by atoms with Crippen LogP contribution in [0.3, 0.4) is 0 Å². The lowest BCUT2D eigenvalue weighted by Gasteiger charge is -2.49. The van der Waals surface area contributed by atoms with Crippen LogP contribution in [-0.2, 0) is 0 Å². The van der Waals surface area contributed by atoms with Gasteiger partial charge in [-0.3, -0.25) is 0 Å². The Balaban J connectivity index is 1.74. The van der Waals surface area contributed by atoms with E-state index in [4.69, 9.17) is 11.6 Å². The summed E-state index contributed by atoms with van der Waals surface area (Å²) >= 11 is 5.76. The maximum absolute atomic E-state index is 13.6. The molecule has 1 N–H and O–H groups in total. The lowest BCUT2D eigenvalue weighted by Crippen LogP contribution is -2.56. The number of anilines is 1. The molecule has 2 unspecified atom stereocenters. The van der Waals surface area contributed by atoms with E-state index in [1.165, 1.54) is 25.3 Å². The minimum Gasteiger partial charge on any atom is -0.382 e. The molecular formula is C17H24ClFN2. The third-order valence-electron chi connectivity index (χ3n) is 5.09. The van der Waals surface area contributed by atoms with Gasteiger partial charge >= 0.3 is 0 Å². The summed E-state index contributed by atoms with van der Waals surface area (Å²) in [6, 6.07) is 6.12. The third kappa shape index (κ3) is 3.19. The van der Waals surface area contributed by atoms with E-state index in [0.29, 0.717) is 23.9 Å². The molecule has 116 valence electrons. The van der Waals surface area contributed by atoms with Crippen LogP contribution in [0.15, 0.2) is 18.2 Å². The lowest BCUT2D eigenvalue weighted by atomic mass is 9.73. The molecule has 1 heterocycles. The Hall–Kier alpha value is -0.800. The van der Waals surface area contributed by atoms with E-state index >= 15 is 0 Å². The first-order valence-corrected chi connectivity index (χ1v) is 8.38. The van der Waals surface area contributed by atoms with Crippen LogP contribution >= 0.6 is 11.6 Å². The Morgan fingerprint density at radius 3 is 2.48 bits per heavy atom. The first kappa shape index (κ1) is 15.1. The van der Waals surface area contributed by atoms with Crippen molar-refractivity contribution >= 4 is 17.3 Å². The van der Waals surface area contributed by atoms with Crippen molar-refractivity contribution in [1.29, 1.82) is 0 Å². The van der Waals surface area contributed by atoms with E-state index in [9.17, 15) is 4.39 Å². The predicted octanol–water partition coefficient (Wildman–Crippen LogP) is 4.40. The minimum absolute atomic E-state index is 0.190. The highest BCUT2D eigenvalue weighted by Gasteiger charge is 2.39. The number of hydrogen-bond acceptors (Lipinski definition) is 2. The van der Waals surface area contributed by atoms with E-state index in [0.717, 1.165) is 18.8 Å². The molecular weight excluding hydrogens is 287 g/mol. The summed E-state index contributed by atoms with van der Waals surface area (Å²) in [6.45, 7) is 6.86. The molecule has 1 aromatic rings. The van der Waals surface area contributed by atoms with Crippen LogP contribution in [0, 0.1) is 17.7 Å². The molecule has 0 spiro atoms. The van der Waals surface area contributed by atoms with Gasteiger partial charge in [0.25, 0.3) is 0 Å².